The molecule has 0 aliphatic carbocycles. The van der Waals surface area contributed by atoms with Gasteiger partial charge in [0, 0.05) is 24.2 Å². The van der Waals surface area contributed by atoms with Gasteiger partial charge in [-0.3, -0.25) is 19.2 Å². The van der Waals surface area contributed by atoms with Crippen molar-refractivity contribution in [3.05, 3.63) is 106 Å². The monoisotopic (exact) mass is 549 g/mol. The molecule has 1 fully saturated rings. The maximum absolute atomic E-state index is 14.0. The van der Waals surface area contributed by atoms with Gasteiger partial charge >= 0.3 is 5.97 Å². The van der Waals surface area contributed by atoms with E-state index in [0.717, 1.165) is 34.2 Å². The lowest BCUT2D eigenvalue weighted by Gasteiger charge is -2.43. The van der Waals surface area contributed by atoms with E-state index in [1.807, 2.05) is 19.9 Å². The summed E-state index contributed by atoms with van der Waals surface area (Å²) in [7, 11) is 0. The summed E-state index contributed by atoms with van der Waals surface area (Å²) in [6.07, 6.45) is -1.58. The van der Waals surface area contributed by atoms with E-state index in [1.165, 1.54) is 4.90 Å². The van der Waals surface area contributed by atoms with Crippen molar-refractivity contribution in [2.24, 2.45) is 0 Å². The molecule has 0 radical (unpaired) electrons. The summed E-state index contributed by atoms with van der Waals surface area (Å²) in [6, 6.07) is 15.4. The van der Waals surface area contributed by atoms with Gasteiger partial charge in [0.1, 0.15) is 0 Å². The fourth-order valence-corrected chi connectivity index (χ4v) is 4.75. The number of carboxylic acid groups (broad SMARTS) is 1. The number of hydrogen-bond acceptors (Lipinski definition) is 4. The molecule has 3 amide bonds. The van der Waals surface area contributed by atoms with Crippen LogP contribution in [-0.4, -0.2) is 57.9 Å². The Labute approximate surface area is 230 Å². The molecule has 0 spiro atoms. The lowest BCUT2D eigenvalue weighted by Crippen LogP contribution is -2.63. The minimum Gasteiger partial charge on any atom is -0.481 e. The Morgan fingerprint density at radius 3 is 2.08 bits per heavy atom. The number of nitrogens with zero attached hydrogens (tertiary/aromatic N) is 2. The van der Waals surface area contributed by atoms with Crippen molar-refractivity contribution < 1.29 is 33.1 Å². The summed E-state index contributed by atoms with van der Waals surface area (Å²) in [5.41, 5.74) is 2.43. The first-order valence-electron chi connectivity index (χ1n) is 12.8. The Balaban J connectivity index is 1.73. The van der Waals surface area contributed by atoms with Gasteiger partial charge in [0.25, 0.3) is 17.7 Å². The fourth-order valence-electron chi connectivity index (χ4n) is 4.75. The normalized spacial score (nSPS) is 15.8. The van der Waals surface area contributed by atoms with Gasteiger partial charge < -0.3 is 20.2 Å². The number of carbonyl (C=O) groups is 4. The number of aryl methyl sites for hydroxylation is 2. The lowest BCUT2D eigenvalue weighted by molar-refractivity contribution is -0.138. The van der Waals surface area contributed by atoms with Crippen LogP contribution in [0.2, 0.25) is 0 Å². The van der Waals surface area contributed by atoms with E-state index >= 15 is 0 Å². The number of amides is 3. The van der Waals surface area contributed by atoms with Gasteiger partial charge in [0.15, 0.2) is 17.8 Å². The van der Waals surface area contributed by atoms with Gasteiger partial charge in [0.2, 0.25) is 0 Å². The molecule has 1 aliphatic heterocycles. The molecule has 8 nitrogen and oxygen atoms in total. The van der Waals surface area contributed by atoms with E-state index in [4.69, 9.17) is 0 Å². The zero-order valence-electron chi connectivity index (χ0n) is 22.1. The van der Waals surface area contributed by atoms with Gasteiger partial charge in [0.05, 0.1) is 12.5 Å². The Morgan fingerprint density at radius 2 is 1.48 bits per heavy atom. The second kappa shape index (κ2) is 12.1. The Morgan fingerprint density at radius 1 is 0.850 bits per heavy atom. The number of halogens is 2. The SMILES string of the molecule is Cc1ccc(C(=O)N2CCCN(C(=O)c3ccc(F)c(F)c3)C2C(=O)NC(CC(=O)O)c2cccc(C)c2)cc1. The number of benzene rings is 3. The Kier molecular flexibility index (Phi) is 8.57. The maximum Gasteiger partial charge on any atom is 0.305 e. The highest BCUT2D eigenvalue weighted by Crippen LogP contribution is 2.24. The summed E-state index contributed by atoms with van der Waals surface area (Å²) >= 11 is 0. The van der Waals surface area contributed by atoms with Crippen LogP contribution in [0.15, 0.2) is 66.7 Å². The van der Waals surface area contributed by atoms with E-state index < -0.39 is 54.0 Å². The molecule has 3 aromatic carbocycles. The van der Waals surface area contributed by atoms with Crippen molar-refractivity contribution in [1.82, 2.24) is 15.1 Å². The first-order chi connectivity index (χ1) is 19.0. The van der Waals surface area contributed by atoms with Crippen molar-refractivity contribution in [3.63, 3.8) is 0 Å². The minimum absolute atomic E-state index is 0.0572. The van der Waals surface area contributed by atoms with E-state index in [-0.39, 0.29) is 18.7 Å². The molecule has 1 saturated heterocycles. The Hall–Kier alpha value is -4.60. The molecule has 10 heteroatoms. The molecule has 1 heterocycles. The highest BCUT2D eigenvalue weighted by atomic mass is 19.2. The second-order valence-electron chi connectivity index (χ2n) is 9.79. The molecule has 1 aliphatic rings. The lowest BCUT2D eigenvalue weighted by atomic mass is 10.0. The molecular formula is C30H29F2N3O5. The van der Waals surface area contributed by atoms with E-state index in [2.05, 4.69) is 5.32 Å². The zero-order valence-corrected chi connectivity index (χ0v) is 22.1. The largest absolute Gasteiger partial charge is 0.481 e. The molecule has 40 heavy (non-hydrogen) atoms. The van der Waals surface area contributed by atoms with Crippen molar-refractivity contribution in [2.75, 3.05) is 13.1 Å². The van der Waals surface area contributed by atoms with Gasteiger partial charge in [-0.15, -0.1) is 0 Å². The number of aliphatic carboxylic acids is 1. The Bertz CT molecular complexity index is 1440. The number of rotatable bonds is 7. The van der Waals surface area contributed by atoms with Crippen LogP contribution in [-0.2, 0) is 9.59 Å². The van der Waals surface area contributed by atoms with Crippen LogP contribution < -0.4 is 5.32 Å². The third-order valence-corrected chi connectivity index (χ3v) is 6.75. The van der Waals surface area contributed by atoms with Crippen LogP contribution in [0.4, 0.5) is 8.78 Å². The van der Waals surface area contributed by atoms with Gasteiger partial charge in [-0.05, 0) is 56.2 Å². The molecule has 2 atom stereocenters. The van der Waals surface area contributed by atoms with Crippen LogP contribution in [0.5, 0.6) is 0 Å². The molecule has 2 N–H and O–H groups in total. The van der Waals surface area contributed by atoms with Gasteiger partial charge in [-0.2, -0.15) is 0 Å². The first-order valence-corrected chi connectivity index (χ1v) is 12.8. The zero-order chi connectivity index (χ0) is 29.0. The third-order valence-electron chi connectivity index (χ3n) is 6.75. The van der Waals surface area contributed by atoms with E-state index in [9.17, 15) is 33.1 Å². The average Bonchev–Trinajstić information content (AvgIpc) is 2.93. The molecule has 0 bridgehead atoms. The molecule has 0 aromatic heterocycles. The van der Waals surface area contributed by atoms with Gasteiger partial charge in [-0.25, -0.2) is 8.78 Å². The van der Waals surface area contributed by atoms with Gasteiger partial charge in [-0.1, -0.05) is 47.5 Å². The minimum atomic E-state index is -1.47. The highest BCUT2D eigenvalue weighted by Gasteiger charge is 2.41. The molecule has 2 unspecified atom stereocenters. The predicted octanol–water partition coefficient (Wildman–Crippen LogP) is 4.23. The summed E-state index contributed by atoms with van der Waals surface area (Å²) in [5.74, 6) is -5.56. The molecular weight excluding hydrogens is 520 g/mol. The van der Waals surface area contributed by atoms with Crippen molar-refractivity contribution >= 4 is 23.7 Å². The number of carboxylic acids is 1. The molecule has 0 saturated carbocycles. The fraction of sp³-hybridized carbons (Fsp3) is 0.267. The average molecular weight is 550 g/mol. The topological polar surface area (TPSA) is 107 Å². The smallest absolute Gasteiger partial charge is 0.305 e. The second-order valence-corrected chi connectivity index (χ2v) is 9.79. The van der Waals surface area contributed by atoms with Crippen molar-refractivity contribution in [2.45, 2.75) is 38.9 Å². The maximum atomic E-state index is 14.0. The standard InChI is InChI=1S/C30H29F2N3O5/c1-18-7-9-20(10-8-18)29(39)34-13-4-14-35(30(40)22-11-12-23(31)24(32)16-22)28(34)27(38)33-25(17-26(36)37)21-6-3-5-19(2)15-21/h3,5-12,15-16,25,28H,4,13-14,17H2,1-2H3,(H,33,38)(H,36,37). The number of nitrogens with one attached hydrogen (secondary N) is 1. The van der Waals surface area contributed by atoms with E-state index in [1.54, 1.807) is 42.5 Å². The summed E-state index contributed by atoms with van der Waals surface area (Å²) in [4.78, 5) is 55.1. The number of hydrogen-bond donors (Lipinski definition) is 2. The van der Waals surface area contributed by atoms with Crippen LogP contribution in [0.3, 0.4) is 0 Å². The molecule has 4 rings (SSSR count). The highest BCUT2D eigenvalue weighted by molar-refractivity contribution is 6.01. The van der Waals surface area contributed by atoms with Crippen LogP contribution in [0.1, 0.15) is 56.3 Å². The number of carbonyl (C=O) groups excluding carboxylic acids is 3. The summed E-state index contributed by atoms with van der Waals surface area (Å²) in [6.45, 7) is 3.89. The van der Waals surface area contributed by atoms with Crippen molar-refractivity contribution in [3.8, 4) is 0 Å². The summed E-state index contributed by atoms with van der Waals surface area (Å²) in [5, 5.41) is 12.3. The van der Waals surface area contributed by atoms with E-state index in [0.29, 0.717) is 17.5 Å². The predicted molar refractivity (Wildman–Crippen MR) is 142 cm³/mol. The summed E-state index contributed by atoms with van der Waals surface area (Å²) < 4.78 is 27.6. The quantitative estimate of drug-likeness (QED) is 0.459. The van der Waals surface area contributed by atoms with Crippen LogP contribution >= 0.6 is 0 Å². The van der Waals surface area contributed by atoms with Crippen LogP contribution in [0, 0.1) is 25.5 Å². The first kappa shape index (κ1) is 28.4. The van der Waals surface area contributed by atoms with Crippen LogP contribution in [0.25, 0.3) is 0 Å². The van der Waals surface area contributed by atoms with Crippen molar-refractivity contribution in [1.29, 1.82) is 0 Å². The molecule has 208 valence electrons. The molecule has 3 aromatic rings. The third kappa shape index (κ3) is 6.33.